The van der Waals surface area contributed by atoms with Gasteiger partial charge in [0.15, 0.2) is 0 Å². The molecule has 26 heavy (non-hydrogen) atoms. The van der Waals surface area contributed by atoms with Crippen LogP contribution in [0.1, 0.15) is 21.6 Å². The maximum Gasteiger partial charge on any atom is 0.277 e. The predicted octanol–water partition coefficient (Wildman–Crippen LogP) is 2.24. The molecule has 1 amide bonds. The lowest BCUT2D eigenvalue weighted by Crippen LogP contribution is -2.19. The van der Waals surface area contributed by atoms with E-state index in [0.29, 0.717) is 5.56 Å². The van der Waals surface area contributed by atoms with Crippen LogP contribution in [0, 0.1) is 5.82 Å². The van der Waals surface area contributed by atoms with Gasteiger partial charge in [0, 0.05) is 7.05 Å². The number of carbonyl (C=O) groups is 1. The monoisotopic (exact) mass is 353 g/mol. The second kappa shape index (κ2) is 8.02. The highest BCUT2D eigenvalue weighted by Crippen LogP contribution is 2.17. The lowest BCUT2D eigenvalue weighted by molar-refractivity contribution is 0.0953. The van der Waals surface area contributed by atoms with Crippen molar-refractivity contribution in [3.63, 3.8) is 0 Å². The fraction of sp³-hybridized carbons (Fsp3) is 0.111. The molecule has 0 radical (unpaired) electrons. The summed E-state index contributed by atoms with van der Waals surface area (Å²) in [6.07, 6.45) is 1.47. The summed E-state index contributed by atoms with van der Waals surface area (Å²) in [6.45, 7) is 0.226. The van der Waals surface area contributed by atoms with E-state index in [0.717, 1.165) is 10.4 Å². The Kier molecular flexibility index (Phi) is 5.33. The molecule has 0 aliphatic rings. The number of benzene rings is 2. The van der Waals surface area contributed by atoms with Crippen molar-refractivity contribution in [2.75, 3.05) is 7.05 Å². The number of nitrogens with one attached hydrogen (secondary N) is 1. The predicted molar refractivity (Wildman–Crippen MR) is 93.6 cm³/mol. The fourth-order valence-electron chi connectivity index (χ4n) is 2.12. The number of rotatable bonds is 6. The lowest BCUT2D eigenvalue weighted by atomic mass is 10.2. The van der Waals surface area contributed by atoms with E-state index in [2.05, 4.69) is 20.7 Å². The summed E-state index contributed by atoms with van der Waals surface area (Å²) in [6, 6.07) is 15.3. The molecule has 1 aromatic heterocycles. The highest BCUT2D eigenvalue weighted by molar-refractivity contribution is 5.94. The van der Waals surface area contributed by atoms with Crippen molar-refractivity contribution in [1.29, 1.82) is 0 Å². The van der Waals surface area contributed by atoms with Gasteiger partial charge in [0.1, 0.15) is 12.4 Å². The van der Waals surface area contributed by atoms with Gasteiger partial charge in [-0.2, -0.15) is 5.10 Å². The Hall–Kier alpha value is -3.55. The Balaban J connectivity index is 1.85. The van der Waals surface area contributed by atoms with E-state index in [-0.39, 0.29) is 24.0 Å². The van der Waals surface area contributed by atoms with Gasteiger partial charge in [-0.3, -0.25) is 4.79 Å². The summed E-state index contributed by atoms with van der Waals surface area (Å²) >= 11 is 0. The van der Waals surface area contributed by atoms with E-state index in [9.17, 15) is 9.18 Å². The molecule has 0 aliphatic carbocycles. The minimum Gasteiger partial charge on any atom is -0.470 e. The van der Waals surface area contributed by atoms with Crippen LogP contribution >= 0.6 is 0 Å². The molecule has 0 saturated carbocycles. The summed E-state index contributed by atoms with van der Waals surface area (Å²) in [4.78, 5) is 13.1. The number of carbonyl (C=O) groups excluding carboxylic acids is 1. The van der Waals surface area contributed by atoms with Crippen LogP contribution in [0.5, 0.6) is 5.88 Å². The van der Waals surface area contributed by atoms with Gasteiger partial charge >= 0.3 is 0 Å². The Morgan fingerprint density at radius 1 is 1.23 bits per heavy atom. The molecule has 3 aromatic rings. The first-order chi connectivity index (χ1) is 12.7. The number of hydrogen-bond donors (Lipinski definition) is 1. The molecule has 3 rings (SSSR count). The molecule has 0 spiro atoms. The largest absolute Gasteiger partial charge is 0.470 e. The number of amides is 1. The summed E-state index contributed by atoms with van der Waals surface area (Å²) in [7, 11) is 1.49. The normalized spacial score (nSPS) is 10.8. The zero-order chi connectivity index (χ0) is 18.4. The number of halogens is 1. The third-order valence-electron chi connectivity index (χ3n) is 3.46. The Labute approximate surface area is 149 Å². The van der Waals surface area contributed by atoms with E-state index >= 15 is 0 Å². The molecule has 0 atom stereocenters. The van der Waals surface area contributed by atoms with Crippen LogP contribution in [0.2, 0.25) is 0 Å². The zero-order valence-electron chi connectivity index (χ0n) is 14.0. The van der Waals surface area contributed by atoms with Crippen LogP contribution in [0.25, 0.3) is 0 Å². The van der Waals surface area contributed by atoms with E-state index in [1.54, 1.807) is 12.1 Å². The standard InChI is InChI=1S/C18H16FN5O2/c1-20-17(25)16-18(26-12-14-5-3-2-4-6-14)24(23-22-16)21-11-13-7-9-15(19)10-8-13/h2-11H,12H2,1H3,(H,20,25)/b21-11-. The van der Waals surface area contributed by atoms with Crippen molar-refractivity contribution in [3.05, 3.63) is 77.2 Å². The summed E-state index contributed by atoms with van der Waals surface area (Å²) < 4.78 is 18.7. The van der Waals surface area contributed by atoms with Gasteiger partial charge in [-0.05, 0) is 28.5 Å². The van der Waals surface area contributed by atoms with Crippen molar-refractivity contribution in [1.82, 2.24) is 20.4 Å². The molecule has 0 saturated heterocycles. The maximum atomic E-state index is 13.0. The van der Waals surface area contributed by atoms with E-state index in [4.69, 9.17) is 4.74 Å². The maximum absolute atomic E-state index is 13.0. The van der Waals surface area contributed by atoms with E-state index in [1.165, 1.54) is 25.4 Å². The second-order valence-corrected chi connectivity index (χ2v) is 5.28. The number of aromatic nitrogens is 3. The average molecular weight is 353 g/mol. The van der Waals surface area contributed by atoms with Crippen molar-refractivity contribution in [2.24, 2.45) is 5.10 Å². The van der Waals surface area contributed by atoms with Gasteiger partial charge in [0.25, 0.3) is 11.8 Å². The van der Waals surface area contributed by atoms with Crippen LogP contribution in [-0.2, 0) is 6.61 Å². The third kappa shape index (κ3) is 4.10. The minimum atomic E-state index is -0.434. The highest BCUT2D eigenvalue weighted by atomic mass is 19.1. The second-order valence-electron chi connectivity index (χ2n) is 5.28. The minimum absolute atomic E-state index is 0.0275. The molecule has 1 N–H and O–H groups in total. The van der Waals surface area contributed by atoms with Gasteiger partial charge < -0.3 is 10.1 Å². The van der Waals surface area contributed by atoms with Crippen LogP contribution in [-0.4, -0.2) is 34.3 Å². The summed E-state index contributed by atoms with van der Waals surface area (Å²) in [5.41, 5.74) is 1.61. The topological polar surface area (TPSA) is 81.4 Å². The molecule has 1 heterocycles. The van der Waals surface area contributed by atoms with Crippen LogP contribution in [0.15, 0.2) is 59.7 Å². The van der Waals surface area contributed by atoms with Gasteiger partial charge in [-0.15, -0.1) is 5.10 Å². The SMILES string of the molecule is CNC(=O)c1nnn(/N=C\c2ccc(F)cc2)c1OCc1ccccc1. The Bertz CT molecular complexity index is 907. The fourth-order valence-corrected chi connectivity index (χ4v) is 2.12. The number of ether oxygens (including phenoxy) is 1. The zero-order valence-corrected chi connectivity index (χ0v) is 14.0. The Morgan fingerprint density at radius 3 is 2.65 bits per heavy atom. The van der Waals surface area contributed by atoms with Gasteiger partial charge in [0.2, 0.25) is 5.69 Å². The Morgan fingerprint density at radius 2 is 1.96 bits per heavy atom. The van der Waals surface area contributed by atoms with Gasteiger partial charge in [0.05, 0.1) is 6.21 Å². The number of hydrogen-bond acceptors (Lipinski definition) is 5. The summed E-state index contributed by atoms with van der Waals surface area (Å²) in [5, 5.41) is 14.3. The van der Waals surface area contributed by atoms with Crippen molar-refractivity contribution in [2.45, 2.75) is 6.61 Å². The van der Waals surface area contributed by atoms with Crippen molar-refractivity contribution in [3.8, 4) is 5.88 Å². The number of nitrogens with zero attached hydrogens (tertiary/aromatic N) is 4. The van der Waals surface area contributed by atoms with E-state index in [1.807, 2.05) is 30.3 Å². The molecular formula is C18H16FN5O2. The molecule has 2 aromatic carbocycles. The molecule has 132 valence electrons. The van der Waals surface area contributed by atoms with E-state index < -0.39 is 5.91 Å². The van der Waals surface area contributed by atoms with Crippen molar-refractivity contribution >= 4 is 12.1 Å². The van der Waals surface area contributed by atoms with Crippen molar-refractivity contribution < 1.29 is 13.9 Å². The van der Waals surface area contributed by atoms with Crippen LogP contribution in [0.4, 0.5) is 4.39 Å². The smallest absolute Gasteiger partial charge is 0.277 e. The molecule has 8 heteroatoms. The van der Waals surface area contributed by atoms with Gasteiger partial charge in [-0.1, -0.05) is 47.3 Å². The molecule has 0 unspecified atom stereocenters. The third-order valence-corrected chi connectivity index (χ3v) is 3.46. The highest BCUT2D eigenvalue weighted by Gasteiger charge is 2.20. The quantitative estimate of drug-likeness (QED) is 0.689. The molecular weight excluding hydrogens is 337 g/mol. The lowest BCUT2D eigenvalue weighted by Gasteiger charge is -2.07. The average Bonchev–Trinajstić information content (AvgIpc) is 3.09. The molecule has 0 aliphatic heterocycles. The first-order valence-corrected chi connectivity index (χ1v) is 7.82. The molecule has 7 nitrogen and oxygen atoms in total. The first kappa shape index (κ1) is 17.3. The summed E-state index contributed by atoms with van der Waals surface area (Å²) in [5.74, 6) is -0.653. The van der Waals surface area contributed by atoms with Crippen LogP contribution < -0.4 is 10.1 Å². The van der Waals surface area contributed by atoms with Crippen LogP contribution in [0.3, 0.4) is 0 Å². The molecule has 0 bridgehead atoms. The van der Waals surface area contributed by atoms with Gasteiger partial charge in [-0.25, -0.2) is 4.39 Å². The first-order valence-electron chi connectivity index (χ1n) is 7.82. The molecule has 0 fully saturated rings.